The lowest BCUT2D eigenvalue weighted by Gasteiger charge is -2.22. The Bertz CT molecular complexity index is 1120. The number of amides is 2. The van der Waals surface area contributed by atoms with E-state index in [1.54, 1.807) is 0 Å². The smallest absolute Gasteiger partial charge is 0.408 e. The van der Waals surface area contributed by atoms with Crippen molar-refractivity contribution >= 4 is 33.9 Å². The van der Waals surface area contributed by atoms with E-state index in [1.165, 1.54) is 7.11 Å². The number of benzene rings is 3. The molecule has 2 N–H and O–H groups in total. The highest BCUT2D eigenvalue weighted by atomic mass is 79.9. The van der Waals surface area contributed by atoms with Gasteiger partial charge in [0.25, 0.3) is 0 Å². The largest absolute Gasteiger partial charge is 0.467 e. The van der Waals surface area contributed by atoms with Crippen molar-refractivity contribution in [3.8, 4) is 0 Å². The first kappa shape index (κ1) is 26.0. The molecule has 3 aromatic carbocycles. The quantitative estimate of drug-likeness (QED) is 0.377. The summed E-state index contributed by atoms with van der Waals surface area (Å²) in [6, 6.07) is 24.1. The maximum Gasteiger partial charge on any atom is 0.408 e. The van der Waals surface area contributed by atoms with Crippen molar-refractivity contribution in [2.75, 3.05) is 7.11 Å². The van der Waals surface area contributed by atoms with Crippen molar-refractivity contribution < 1.29 is 23.9 Å². The van der Waals surface area contributed by atoms with Gasteiger partial charge in [0.2, 0.25) is 5.91 Å². The number of hydrogen-bond acceptors (Lipinski definition) is 5. The molecule has 8 heteroatoms. The van der Waals surface area contributed by atoms with E-state index in [1.807, 2.05) is 84.9 Å². The number of halogens is 1. The molecule has 182 valence electrons. The van der Waals surface area contributed by atoms with Crippen LogP contribution in [-0.4, -0.2) is 37.2 Å². The summed E-state index contributed by atoms with van der Waals surface area (Å²) in [6.07, 6.45) is -0.279. The molecule has 0 aliphatic rings. The van der Waals surface area contributed by atoms with Crippen LogP contribution in [0, 0.1) is 0 Å². The van der Waals surface area contributed by atoms with Gasteiger partial charge in [0.1, 0.15) is 18.7 Å². The molecular formula is C27H27BrN2O5. The Morgan fingerprint density at radius 3 is 2.00 bits per heavy atom. The van der Waals surface area contributed by atoms with Crippen LogP contribution in [0.3, 0.4) is 0 Å². The third-order valence-corrected chi connectivity index (χ3v) is 5.73. The Balaban J connectivity index is 1.71. The van der Waals surface area contributed by atoms with Crippen LogP contribution in [-0.2, 0) is 38.5 Å². The summed E-state index contributed by atoms with van der Waals surface area (Å²) in [6.45, 7) is 0.0695. The molecule has 0 heterocycles. The minimum absolute atomic E-state index is 0.0695. The number of alkyl carbamates (subject to hydrolysis) is 1. The zero-order valence-electron chi connectivity index (χ0n) is 19.3. The fraction of sp³-hybridized carbons (Fsp3) is 0.222. The van der Waals surface area contributed by atoms with Crippen molar-refractivity contribution in [3.05, 3.63) is 106 Å². The average Bonchev–Trinajstić information content (AvgIpc) is 2.87. The summed E-state index contributed by atoms with van der Waals surface area (Å²) in [5, 5.41) is 5.37. The molecule has 0 radical (unpaired) electrons. The van der Waals surface area contributed by atoms with Crippen LogP contribution < -0.4 is 10.6 Å². The lowest BCUT2D eigenvalue weighted by atomic mass is 10.0. The van der Waals surface area contributed by atoms with Gasteiger partial charge in [-0.25, -0.2) is 9.59 Å². The highest BCUT2D eigenvalue weighted by molar-refractivity contribution is 9.10. The molecule has 0 saturated heterocycles. The monoisotopic (exact) mass is 538 g/mol. The van der Waals surface area contributed by atoms with Crippen LogP contribution >= 0.6 is 15.9 Å². The van der Waals surface area contributed by atoms with Crippen LogP contribution in [0.1, 0.15) is 16.7 Å². The Morgan fingerprint density at radius 2 is 1.37 bits per heavy atom. The van der Waals surface area contributed by atoms with Gasteiger partial charge in [-0.1, -0.05) is 88.7 Å². The minimum atomic E-state index is -0.963. The van der Waals surface area contributed by atoms with E-state index in [2.05, 4.69) is 26.6 Å². The molecule has 3 rings (SSSR count). The molecule has 0 aliphatic carbocycles. The standard InChI is InChI=1S/C27H27BrN2O5/c1-34-26(32)24(17-21-13-8-14-22(28)15-21)29-25(31)23(16-19-9-4-2-5-10-19)30-27(33)35-18-20-11-6-3-7-12-20/h2-15,23-24H,16-18H2,1H3,(H,29,31)(H,30,33)/t23-,24-/m1/s1. The van der Waals surface area contributed by atoms with E-state index in [9.17, 15) is 14.4 Å². The predicted octanol–water partition coefficient (Wildman–Crippen LogP) is 4.19. The van der Waals surface area contributed by atoms with Gasteiger partial charge in [-0.05, 0) is 28.8 Å². The summed E-state index contributed by atoms with van der Waals surface area (Å²) < 4.78 is 11.1. The van der Waals surface area contributed by atoms with E-state index in [0.717, 1.165) is 21.2 Å². The van der Waals surface area contributed by atoms with Gasteiger partial charge in [-0.15, -0.1) is 0 Å². The maximum absolute atomic E-state index is 13.2. The van der Waals surface area contributed by atoms with Gasteiger partial charge in [0.15, 0.2) is 0 Å². The van der Waals surface area contributed by atoms with Crippen molar-refractivity contribution in [3.63, 3.8) is 0 Å². The second-order valence-electron chi connectivity index (χ2n) is 7.87. The van der Waals surface area contributed by atoms with Crippen LogP contribution in [0.2, 0.25) is 0 Å². The molecule has 0 bridgehead atoms. The van der Waals surface area contributed by atoms with E-state index in [-0.39, 0.29) is 19.4 Å². The third-order valence-electron chi connectivity index (χ3n) is 5.24. The van der Waals surface area contributed by atoms with E-state index < -0.39 is 30.1 Å². The van der Waals surface area contributed by atoms with E-state index in [4.69, 9.17) is 9.47 Å². The van der Waals surface area contributed by atoms with Gasteiger partial charge < -0.3 is 20.1 Å². The Hall–Kier alpha value is -3.65. The zero-order chi connectivity index (χ0) is 25.0. The van der Waals surface area contributed by atoms with Gasteiger partial charge in [-0.3, -0.25) is 4.79 Å². The first-order valence-corrected chi connectivity index (χ1v) is 11.9. The number of methoxy groups -OCH3 is 1. The highest BCUT2D eigenvalue weighted by Crippen LogP contribution is 2.14. The average molecular weight is 539 g/mol. The van der Waals surface area contributed by atoms with Crippen molar-refractivity contribution in [1.29, 1.82) is 0 Å². The Morgan fingerprint density at radius 1 is 0.771 bits per heavy atom. The van der Waals surface area contributed by atoms with Crippen LogP contribution in [0.15, 0.2) is 89.4 Å². The minimum Gasteiger partial charge on any atom is -0.467 e. The summed E-state index contributed by atoms with van der Waals surface area (Å²) >= 11 is 3.41. The van der Waals surface area contributed by atoms with Gasteiger partial charge in [0, 0.05) is 17.3 Å². The third kappa shape index (κ3) is 8.57. The number of nitrogens with one attached hydrogen (secondary N) is 2. The second-order valence-corrected chi connectivity index (χ2v) is 8.78. The van der Waals surface area contributed by atoms with E-state index >= 15 is 0 Å². The Kier molecular flexibility index (Phi) is 9.86. The van der Waals surface area contributed by atoms with Crippen molar-refractivity contribution in [2.24, 2.45) is 0 Å². The molecule has 0 unspecified atom stereocenters. The first-order chi connectivity index (χ1) is 16.9. The molecule has 0 fully saturated rings. The fourth-order valence-corrected chi connectivity index (χ4v) is 3.92. The number of esters is 1. The molecule has 2 atom stereocenters. The summed E-state index contributed by atoms with van der Waals surface area (Å²) in [5.74, 6) is -1.10. The van der Waals surface area contributed by atoms with Crippen LogP contribution in [0.25, 0.3) is 0 Å². The molecule has 0 aromatic heterocycles. The zero-order valence-corrected chi connectivity index (χ0v) is 20.9. The lowest BCUT2D eigenvalue weighted by Crippen LogP contribution is -2.53. The molecule has 0 spiro atoms. The molecule has 35 heavy (non-hydrogen) atoms. The maximum atomic E-state index is 13.2. The number of carbonyl (C=O) groups excluding carboxylic acids is 3. The molecule has 0 aliphatic heterocycles. The van der Waals surface area contributed by atoms with Gasteiger partial charge in [0.05, 0.1) is 7.11 Å². The van der Waals surface area contributed by atoms with Gasteiger partial charge in [-0.2, -0.15) is 0 Å². The summed E-state index contributed by atoms with van der Waals surface area (Å²) in [7, 11) is 1.27. The fourth-order valence-electron chi connectivity index (χ4n) is 3.47. The normalized spacial score (nSPS) is 12.2. The number of carbonyl (C=O) groups is 3. The number of hydrogen-bond donors (Lipinski definition) is 2. The summed E-state index contributed by atoms with van der Waals surface area (Å²) in [5.41, 5.74) is 2.51. The van der Waals surface area contributed by atoms with E-state index in [0.29, 0.717) is 0 Å². The SMILES string of the molecule is COC(=O)[C@@H](Cc1cccc(Br)c1)NC(=O)[C@@H](Cc1ccccc1)NC(=O)OCc1ccccc1. The van der Waals surface area contributed by atoms with Gasteiger partial charge >= 0.3 is 12.1 Å². The summed E-state index contributed by atoms with van der Waals surface area (Å²) in [4.78, 5) is 38.2. The number of rotatable bonds is 10. The van der Waals surface area contributed by atoms with Crippen LogP contribution in [0.4, 0.5) is 4.79 Å². The second kappa shape index (κ2) is 13.3. The molecular weight excluding hydrogens is 512 g/mol. The first-order valence-electron chi connectivity index (χ1n) is 11.1. The molecule has 0 saturated carbocycles. The Labute approximate surface area is 213 Å². The van der Waals surface area contributed by atoms with Crippen LogP contribution in [0.5, 0.6) is 0 Å². The number of ether oxygens (including phenoxy) is 2. The van der Waals surface area contributed by atoms with Crippen molar-refractivity contribution in [2.45, 2.75) is 31.5 Å². The molecule has 7 nitrogen and oxygen atoms in total. The topological polar surface area (TPSA) is 93.7 Å². The molecule has 3 aromatic rings. The molecule has 2 amide bonds. The van der Waals surface area contributed by atoms with Crippen molar-refractivity contribution in [1.82, 2.24) is 10.6 Å². The lowest BCUT2D eigenvalue weighted by molar-refractivity contribution is -0.145. The predicted molar refractivity (Wildman–Crippen MR) is 135 cm³/mol. The highest BCUT2D eigenvalue weighted by Gasteiger charge is 2.28.